The molecule has 0 aliphatic rings. The largest absolute Gasteiger partial charge is 0.379 e. The number of anilines is 1. The molecule has 0 saturated carbocycles. The smallest absolute Gasteiger partial charge is 0.163 e. The van der Waals surface area contributed by atoms with Crippen LogP contribution in [0.25, 0.3) is 11.0 Å². The van der Waals surface area contributed by atoms with Crippen LogP contribution in [0.2, 0.25) is 0 Å². The zero-order valence-electron chi connectivity index (χ0n) is 12.9. The van der Waals surface area contributed by atoms with Crippen LogP contribution < -0.4 is 5.32 Å². The third-order valence-electron chi connectivity index (χ3n) is 2.99. The summed E-state index contributed by atoms with van der Waals surface area (Å²) in [5, 5.41) is 8.49. The number of aryl methyl sites for hydroxylation is 1. The highest BCUT2D eigenvalue weighted by atomic mass is 16.5. The Hall–Kier alpha value is -1.73. The molecule has 0 aromatic carbocycles. The third-order valence-corrected chi connectivity index (χ3v) is 2.99. The SMILES string of the molecule is CCCNc1nc(COCCOCC)nc2c1cnn2C. The molecule has 2 rings (SSSR count). The highest BCUT2D eigenvalue weighted by molar-refractivity contribution is 5.86. The lowest BCUT2D eigenvalue weighted by Crippen LogP contribution is -2.09. The van der Waals surface area contributed by atoms with Crippen molar-refractivity contribution in [3.63, 3.8) is 0 Å². The van der Waals surface area contributed by atoms with Gasteiger partial charge in [-0.25, -0.2) is 9.97 Å². The Morgan fingerprint density at radius 1 is 1.19 bits per heavy atom. The predicted molar refractivity (Wildman–Crippen MR) is 81.2 cm³/mol. The van der Waals surface area contributed by atoms with Crippen molar-refractivity contribution in [2.75, 3.05) is 31.7 Å². The lowest BCUT2D eigenvalue weighted by atomic mass is 10.3. The summed E-state index contributed by atoms with van der Waals surface area (Å²) in [4.78, 5) is 9.03. The number of hydrogen-bond acceptors (Lipinski definition) is 6. The van der Waals surface area contributed by atoms with Crippen molar-refractivity contribution in [3.8, 4) is 0 Å². The number of rotatable bonds is 9. The molecular weight excluding hydrogens is 270 g/mol. The molecule has 0 radical (unpaired) electrons. The number of ether oxygens (including phenoxy) is 2. The van der Waals surface area contributed by atoms with Gasteiger partial charge in [-0.1, -0.05) is 6.92 Å². The molecule has 0 fully saturated rings. The summed E-state index contributed by atoms with van der Waals surface area (Å²) in [7, 11) is 1.87. The van der Waals surface area contributed by atoms with Crippen molar-refractivity contribution in [3.05, 3.63) is 12.0 Å². The van der Waals surface area contributed by atoms with Crippen LogP contribution in [-0.2, 0) is 23.1 Å². The van der Waals surface area contributed by atoms with Gasteiger partial charge < -0.3 is 14.8 Å². The van der Waals surface area contributed by atoms with Gasteiger partial charge in [0.25, 0.3) is 0 Å². The van der Waals surface area contributed by atoms with Gasteiger partial charge in [-0.15, -0.1) is 0 Å². The lowest BCUT2D eigenvalue weighted by Gasteiger charge is -2.08. The maximum absolute atomic E-state index is 5.54. The molecule has 2 aromatic rings. The maximum atomic E-state index is 5.54. The van der Waals surface area contributed by atoms with Crippen molar-refractivity contribution >= 4 is 16.9 Å². The molecule has 7 heteroatoms. The van der Waals surface area contributed by atoms with E-state index in [0.29, 0.717) is 32.3 Å². The molecule has 0 unspecified atom stereocenters. The zero-order chi connectivity index (χ0) is 15.1. The Morgan fingerprint density at radius 2 is 2.00 bits per heavy atom. The zero-order valence-corrected chi connectivity index (χ0v) is 12.9. The quantitative estimate of drug-likeness (QED) is 0.710. The van der Waals surface area contributed by atoms with E-state index in [9.17, 15) is 0 Å². The average molecular weight is 293 g/mol. The van der Waals surface area contributed by atoms with E-state index in [0.717, 1.165) is 29.8 Å². The first-order chi connectivity index (χ1) is 10.3. The number of fused-ring (bicyclic) bond motifs is 1. The average Bonchev–Trinajstić information content (AvgIpc) is 2.86. The molecule has 0 atom stereocenters. The Bertz CT molecular complexity index is 570. The van der Waals surface area contributed by atoms with E-state index in [1.165, 1.54) is 0 Å². The van der Waals surface area contributed by atoms with E-state index in [-0.39, 0.29) is 0 Å². The Balaban J connectivity index is 2.09. The first-order valence-electron chi connectivity index (χ1n) is 7.34. The van der Waals surface area contributed by atoms with Crippen molar-refractivity contribution in [1.29, 1.82) is 0 Å². The van der Waals surface area contributed by atoms with E-state index in [1.54, 1.807) is 10.9 Å². The molecular formula is C14H23N5O2. The van der Waals surface area contributed by atoms with Crippen LogP contribution in [0.4, 0.5) is 5.82 Å². The fraction of sp³-hybridized carbons (Fsp3) is 0.643. The van der Waals surface area contributed by atoms with E-state index >= 15 is 0 Å². The van der Waals surface area contributed by atoms with Gasteiger partial charge >= 0.3 is 0 Å². The van der Waals surface area contributed by atoms with Crippen molar-refractivity contribution in [2.45, 2.75) is 26.9 Å². The Morgan fingerprint density at radius 3 is 2.76 bits per heavy atom. The predicted octanol–water partition coefficient (Wildman–Crippen LogP) is 1.74. The molecule has 0 aliphatic heterocycles. The second kappa shape index (κ2) is 7.90. The number of nitrogens with one attached hydrogen (secondary N) is 1. The van der Waals surface area contributed by atoms with Gasteiger partial charge in [0.05, 0.1) is 24.8 Å². The minimum absolute atomic E-state index is 0.370. The number of hydrogen-bond donors (Lipinski definition) is 1. The van der Waals surface area contributed by atoms with Gasteiger partial charge in [0.2, 0.25) is 0 Å². The second-order valence-corrected chi connectivity index (χ2v) is 4.67. The third kappa shape index (κ3) is 4.12. The van der Waals surface area contributed by atoms with E-state index in [2.05, 4.69) is 27.3 Å². The standard InChI is InChI=1S/C14H23N5O2/c1-4-6-15-13-11-9-16-19(3)14(11)18-12(17-13)10-21-8-7-20-5-2/h9H,4-8,10H2,1-3H3,(H,15,17,18). The van der Waals surface area contributed by atoms with Crippen molar-refractivity contribution in [1.82, 2.24) is 19.7 Å². The highest BCUT2D eigenvalue weighted by Crippen LogP contribution is 2.19. The van der Waals surface area contributed by atoms with Crippen LogP contribution in [0.3, 0.4) is 0 Å². The van der Waals surface area contributed by atoms with Gasteiger partial charge in [0, 0.05) is 20.2 Å². The number of aromatic nitrogens is 4. The molecule has 2 aromatic heterocycles. The molecule has 1 N–H and O–H groups in total. The molecule has 0 spiro atoms. The van der Waals surface area contributed by atoms with E-state index in [4.69, 9.17) is 9.47 Å². The highest BCUT2D eigenvalue weighted by Gasteiger charge is 2.11. The van der Waals surface area contributed by atoms with Crippen LogP contribution in [0.1, 0.15) is 26.1 Å². The van der Waals surface area contributed by atoms with Gasteiger partial charge in [0.1, 0.15) is 12.4 Å². The van der Waals surface area contributed by atoms with Crippen LogP contribution >= 0.6 is 0 Å². The van der Waals surface area contributed by atoms with E-state index in [1.807, 2.05) is 14.0 Å². The van der Waals surface area contributed by atoms with Crippen LogP contribution in [0.5, 0.6) is 0 Å². The molecule has 7 nitrogen and oxygen atoms in total. The molecule has 116 valence electrons. The first-order valence-corrected chi connectivity index (χ1v) is 7.34. The minimum atomic E-state index is 0.370. The molecule has 0 bridgehead atoms. The Kier molecular flexibility index (Phi) is 5.89. The fourth-order valence-corrected chi connectivity index (χ4v) is 1.94. The Labute approximate surface area is 124 Å². The summed E-state index contributed by atoms with van der Waals surface area (Å²) in [5.41, 5.74) is 0.812. The van der Waals surface area contributed by atoms with Gasteiger partial charge in [0.15, 0.2) is 11.5 Å². The number of nitrogens with zero attached hydrogens (tertiary/aromatic N) is 4. The molecule has 0 aliphatic carbocycles. The second-order valence-electron chi connectivity index (χ2n) is 4.67. The molecule has 21 heavy (non-hydrogen) atoms. The normalized spacial score (nSPS) is 11.2. The molecule has 2 heterocycles. The van der Waals surface area contributed by atoms with Crippen molar-refractivity contribution < 1.29 is 9.47 Å². The summed E-state index contributed by atoms with van der Waals surface area (Å²) in [6, 6.07) is 0. The van der Waals surface area contributed by atoms with Crippen LogP contribution in [-0.4, -0.2) is 46.1 Å². The van der Waals surface area contributed by atoms with Gasteiger partial charge in [-0.2, -0.15) is 5.10 Å². The summed E-state index contributed by atoms with van der Waals surface area (Å²) < 4.78 is 12.5. The maximum Gasteiger partial charge on any atom is 0.163 e. The van der Waals surface area contributed by atoms with Crippen molar-refractivity contribution in [2.24, 2.45) is 7.05 Å². The molecule has 0 amide bonds. The monoisotopic (exact) mass is 293 g/mol. The fourth-order valence-electron chi connectivity index (χ4n) is 1.94. The molecule has 0 saturated heterocycles. The lowest BCUT2D eigenvalue weighted by molar-refractivity contribution is 0.0429. The summed E-state index contributed by atoms with van der Waals surface area (Å²) in [6.45, 7) is 7.15. The summed E-state index contributed by atoms with van der Waals surface area (Å²) in [6.07, 6.45) is 2.82. The van der Waals surface area contributed by atoms with Gasteiger partial charge in [-0.05, 0) is 13.3 Å². The topological polar surface area (TPSA) is 74.1 Å². The first kappa shape index (κ1) is 15.7. The summed E-state index contributed by atoms with van der Waals surface area (Å²) >= 11 is 0. The van der Waals surface area contributed by atoms with E-state index < -0.39 is 0 Å². The van der Waals surface area contributed by atoms with Gasteiger partial charge in [-0.3, -0.25) is 4.68 Å². The minimum Gasteiger partial charge on any atom is -0.379 e. The van der Waals surface area contributed by atoms with Crippen LogP contribution in [0.15, 0.2) is 6.20 Å². The summed E-state index contributed by atoms with van der Waals surface area (Å²) in [5.74, 6) is 1.47. The van der Waals surface area contributed by atoms with Crippen LogP contribution in [0, 0.1) is 0 Å².